The summed E-state index contributed by atoms with van der Waals surface area (Å²) in [6, 6.07) is 6.53. The number of phenols is 1. The van der Waals surface area contributed by atoms with Crippen LogP contribution in [-0.2, 0) is 10.3 Å². The first-order valence-corrected chi connectivity index (χ1v) is 8.40. The van der Waals surface area contributed by atoms with Crippen molar-refractivity contribution in [2.24, 2.45) is 5.92 Å². The number of nitrogens with zero attached hydrogens (tertiary/aromatic N) is 1. The molecule has 2 heterocycles. The molecular formula is C19H14F2N2O3. The van der Waals surface area contributed by atoms with E-state index in [2.05, 4.69) is 5.32 Å². The van der Waals surface area contributed by atoms with Gasteiger partial charge in [-0.05, 0) is 37.0 Å². The monoisotopic (exact) mass is 356 g/mol. The van der Waals surface area contributed by atoms with E-state index in [0.717, 1.165) is 18.9 Å². The molecule has 2 N–H and O–H groups in total. The van der Waals surface area contributed by atoms with Crippen molar-refractivity contribution in [2.45, 2.75) is 18.4 Å². The lowest BCUT2D eigenvalue weighted by Crippen LogP contribution is -2.50. The summed E-state index contributed by atoms with van der Waals surface area (Å²) in [5, 5.41) is 12.2. The summed E-state index contributed by atoms with van der Waals surface area (Å²) in [7, 11) is 0. The molecule has 5 nitrogen and oxygen atoms in total. The van der Waals surface area contributed by atoms with Gasteiger partial charge in [0.05, 0.1) is 5.69 Å². The number of rotatable bonds is 2. The van der Waals surface area contributed by atoms with Gasteiger partial charge in [0.15, 0.2) is 17.2 Å². The van der Waals surface area contributed by atoms with Gasteiger partial charge in [0, 0.05) is 23.2 Å². The van der Waals surface area contributed by atoms with E-state index in [1.165, 1.54) is 29.2 Å². The highest BCUT2D eigenvalue weighted by molar-refractivity contribution is 6.16. The Kier molecular flexibility index (Phi) is 2.83. The number of benzene rings is 2. The summed E-state index contributed by atoms with van der Waals surface area (Å²) in [6.07, 6.45) is 1.90. The van der Waals surface area contributed by atoms with Crippen LogP contribution >= 0.6 is 0 Å². The smallest absolute Gasteiger partial charge is 0.259 e. The van der Waals surface area contributed by atoms with Crippen molar-refractivity contribution < 1.29 is 23.5 Å². The lowest BCUT2D eigenvalue weighted by Gasteiger charge is -2.34. The van der Waals surface area contributed by atoms with E-state index in [1.807, 2.05) is 0 Å². The van der Waals surface area contributed by atoms with Crippen molar-refractivity contribution in [3.8, 4) is 5.75 Å². The van der Waals surface area contributed by atoms with Crippen LogP contribution in [0.5, 0.6) is 5.75 Å². The van der Waals surface area contributed by atoms with Gasteiger partial charge in [0.2, 0.25) is 0 Å². The van der Waals surface area contributed by atoms with E-state index in [-0.39, 0.29) is 28.5 Å². The third-order valence-corrected chi connectivity index (χ3v) is 5.46. The molecule has 5 rings (SSSR count). The maximum Gasteiger partial charge on any atom is 0.259 e. The molecule has 0 aromatic heterocycles. The lowest BCUT2D eigenvalue weighted by molar-refractivity contribution is -0.123. The normalized spacial score (nSPS) is 23.4. The van der Waals surface area contributed by atoms with E-state index < -0.39 is 29.0 Å². The van der Waals surface area contributed by atoms with Crippen molar-refractivity contribution in [2.75, 3.05) is 11.9 Å². The molecule has 2 amide bonds. The van der Waals surface area contributed by atoms with E-state index >= 15 is 0 Å². The molecule has 3 aliphatic rings. The maximum atomic E-state index is 14.3. The fraction of sp³-hybridized carbons (Fsp3) is 0.263. The van der Waals surface area contributed by atoms with Gasteiger partial charge in [0.25, 0.3) is 11.8 Å². The zero-order valence-corrected chi connectivity index (χ0v) is 13.6. The first kappa shape index (κ1) is 15.3. The van der Waals surface area contributed by atoms with Crippen LogP contribution in [-0.4, -0.2) is 28.4 Å². The van der Waals surface area contributed by atoms with Crippen LogP contribution < -0.4 is 5.32 Å². The number of fused-ring (bicyclic) bond motifs is 4. The van der Waals surface area contributed by atoms with Gasteiger partial charge in [-0.3, -0.25) is 9.59 Å². The van der Waals surface area contributed by atoms with Gasteiger partial charge in [-0.1, -0.05) is 12.1 Å². The fourth-order valence-corrected chi connectivity index (χ4v) is 4.08. The Balaban J connectivity index is 1.82. The molecule has 26 heavy (non-hydrogen) atoms. The Labute approximate surface area is 147 Å². The van der Waals surface area contributed by atoms with Crippen molar-refractivity contribution >= 4 is 17.5 Å². The topological polar surface area (TPSA) is 69.6 Å². The number of hydrogen-bond acceptors (Lipinski definition) is 3. The average Bonchev–Trinajstić information content (AvgIpc) is 3.34. The van der Waals surface area contributed by atoms with E-state index in [9.17, 15) is 23.5 Å². The highest BCUT2D eigenvalue weighted by Gasteiger charge is 2.61. The largest absolute Gasteiger partial charge is 0.508 e. The molecule has 2 aromatic carbocycles. The molecular weight excluding hydrogens is 342 g/mol. The summed E-state index contributed by atoms with van der Waals surface area (Å²) in [6.45, 7) is 0.347. The van der Waals surface area contributed by atoms with E-state index in [4.69, 9.17) is 0 Å². The lowest BCUT2D eigenvalue weighted by atomic mass is 9.83. The molecule has 2 aromatic rings. The molecule has 0 bridgehead atoms. The third-order valence-electron chi connectivity index (χ3n) is 5.46. The molecule has 132 valence electrons. The van der Waals surface area contributed by atoms with Crippen LogP contribution in [0.3, 0.4) is 0 Å². The molecule has 1 saturated carbocycles. The third kappa shape index (κ3) is 1.72. The zero-order valence-electron chi connectivity index (χ0n) is 13.6. The summed E-state index contributed by atoms with van der Waals surface area (Å²) >= 11 is 0. The van der Waals surface area contributed by atoms with Crippen LogP contribution in [0.2, 0.25) is 0 Å². The van der Waals surface area contributed by atoms with Gasteiger partial charge in [-0.25, -0.2) is 8.78 Å². The number of amides is 2. The minimum Gasteiger partial charge on any atom is -0.508 e. The summed E-state index contributed by atoms with van der Waals surface area (Å²) in [4.78, 5) is 27.6. The average molecular weight is 356 g/mol. The molecule has 1 fully saturated rings. The summed E-state index contributed by atoms with van der Waals surface area (Å²) in [5.41, 5.74) is -0.960. The molecule has 0 saturated heterocycles. The highest BCUT2D eigenvalue weighted by Crippen LogP contribution is 2.53. The molecule has 2 aliphatic heterocycles. The molecule has 7 heteroatoms. The predicted octanol–water partition coefficient (Wildman–Crippen LogP) is 2.73. The van der Waals surface area contributed by atoms with Gasteiger partial charge in [0.1, 0.15) is 5.75 Å². The van der Waals surface area contributed by atoms with Crippen LogP contribution in [0.1, 0.15) is 34.3 Å². The van der Waals surface area contributed by atoms with Gasteiger partial charge >= 0.3 is 0 Å². The molecule has 1 spiro atoms. The number of phenolic OH excluding ortho intramolecular Hbond substituents is 1. The van der Waals surface area contributed by atoms with Crippen LogP contribution in [0, 0.1) is 17.6 Å². The number of anilines is 1. The van der Waals surface area contributed by atoms with Crippen molar-refractivity contribution in [1.29, 1.82) is 0 Å². The first-order valence-electron chi connectivity index (χ1n) is 8.40. The Bertz CT molecular complexity index is 1000. The number of hydrogen-bond donors (Lipinski definition) is 2. The Hall–Kier alpha value is -2.96. The number of halogens is 2. The van der Waals surface area contributed by atoms with Crippen molar-refractivity contribution in [1.82, 2.24) is 4.90 Å². The molecule has 1 unspecified atom stereocenters. The first-order chi connectivity index (χ1) is 12.4. The fourth-order valence-electron chi connectivity index (χ4n) is 4.08. The number of nitrogens with one attached hydrogen (secondary N) is 1. The predicted molar refractivity (Wildman–Crippen MR) is 87.6 cm³/mol. The molecule has 1 atom stereocenters. The maximum absolute atomic E-state index is 14.3. The summed E-state index contributed by atoms with van der Waals surface area (Å²) < 4.78 is 28.0. The minimum absolute atomic E-state index is 0.0931. The van der Waals surface area contributed by atoms with Gasteiger partial charge in [-0.2, -0.15) is 0 Å². The van der Waals surface area contributed by atoms with Gasteiger partial charge < -0.3 is 15.3 Å². The zero-order chi connectivity index (χ0) is 18.2. The standard InChI is InChI=1S/C19H14F2N2O3/c20-14-6-5-13-16(15(14)21)22-18(26)19(13)12-4-3-10(24)7-11(12)17(25)23(19)8-9-1-2-9/h3-7,9,24H,1-2,8H2,(H,22,26). The van der Waals surface area contributed by atoms with E-state index in [0.29, 0.717) is 12.1 Å². The number of aromatic hydroxyl groups is 1. The Morgan fingerprint density at radius 3 is 2.62 bits per heavy atom. The highest BCUT2D eigenvalue weighted by atomic mass is 19.2. The SMILES string of the molecule is O=C1c2cc(O)ccc2C2(C(=O)Nc3c2ccc(F)c3F)N1CC1CC1. The van der Waals surface area contributed by atoms with Crippen molar-refractivity contribution in [3.63, 3.8) is 0 Å². The summed E-state index contributed by atoms with van der Waals surface area (Å²) in [5.74, 6) is -3.00. The Morgan fingerprint density at radius 1 is 1.15 bits per heavy atom. The van der Waals surface area contributed by atoms with Crippen LogP contribution in [0.15, 0.2) is 30.3 Å². The number of carbonyl (C=O) groups is 2. The van der Waals surface area contributed by atoms with Crippen LogP contribution in [0.4, 0.5) is 14.5 Å². The molecule has 1 aliphatic carbocycles. The second-order valence-electron chi connectivity index (χ2n) is 7.04. The van der Waals surface area contributed by atoms with Crippen molar-refractivity contribution in [3.05, 3.63) is 58.7 Å². The van der Waals surface area contributed by atoms with E-state index in [1.54, 1.807) is 0 Å². The Morgan fingerprint density at radius 2 is 1.88 bits per heavy atom. The minimum atomic E-state index is -1.54. The number of carbonyl (C=O) groups excluding carboxylic acids is 2. The quantitative estimate of drug-likeness (QED) is 0.869. The second-order valence-corrected chi connectivity index (χ2v) is 7.04. The molecule has 0 radical (unpaired) electrons. The second kappa shape index (κ2) is 4.81. The van der Waals surface area contributed by atoms with Crippen LogP contribution in [0.25, 0.3) is 0 Å². The van der Waals surface area contributed by atoms with Gasteiger partial charge in [-0.15, -0.1) is 0 Å².